The van der Waals surface area contributed by atoms with Crippen molar-refractivity contribution in [3.63, 3.8) is 0 Å². The third-order valence-corrected chi connectivity index (χ3v) is 3.66. The summed E-state index contributed by atoms with van der Waals surface area (Å²) in [5.41, 5.74) is 2.05. The van der Waals surface area contributed by atoms with Crippen molar-refractivity contribution in [2.24, 2.45) is 5.92 Å². The maximum Gasteiger partial charge on any atom is 0.0901 e. The molecule has 1 aromatic carbocycles. The quantitative estimate of drug-likeness (QED) is 0.763. The molecule has 1 saturated carbocycles. The van der Waals surface area contributed by atoms with Crippen molar-refractivity contribution >= 4 is 0 Å². The van der Waals surface area contributed by atoms with Crippen molar-refractivity contribution in [1.82, 2.24) is 0 Å². The molecule has 1 fully saturated rings. The topological polar surface area (TPSA) is 20.2 Å². The second kappa shape index (κ2) is 3.59. The van der Waals surface area contributed by atoms with E-state index >= 15 is 0 Å². The fraction of sp³-hybridized carbons (Fsp3) is 0.600. The molecule has 16 heavy (non-hydrogen) atoms. The second-order valence-electron chi connectivity index (χ2n) is 6.37. The van der Waals surface area contributed by atoms with Crippen LogP contribution in [0.25, 0.3) is 0 Å². The van der Waals surface area contributed by atoms with E-state index in [1.807, 2.05) is 0 Å². The first kappa shape index (κ1) is 11.7. The summed E-state index contributed by atoms with van der Waals surface area (Å²) in [5.74, 6) is 0.660. The monoisotopic (exact) mass is 218 g/mol. The summed E-state index contributed by atoms with van der Waals surface area (Å²) in [6, 6.07) is 8.48. The van der Waals surface area contributed by atoms with Gasteiger partial charge in [0.15, 0.2) is 0 Å². The largest absolute Gasteiger partial charge is 0.385 e. The number of hydrogen-bond acceptors (Lipinski definition) is 1. The van der Waals surface area contributed by atoms with Gasteiger partial charge in [-0.2, -0.15) is 0 Å². The van der Waals surface area contributed by atoms with E-state index in [1.54, 1.807) is 0 Å². The number of hydrogen-bond donors (Lipinski definition) is 1. The van der Waals surface area contributed by atoms with Crippen LogP contribution >= 0.6 is 0 Å². The van der Waals surface area contributed by atoms with Crippen LogP contribution in [0.4, 0.5) is 0 Å². The van der Waals surface area contributed by atoms with Gasteiger partial charge in [-0.05, 0) is 35.3 Å². The van der Waals surface area contributed by atoms with Gasteiger partial charge in [0.05, 0.1) is 5.60 Å². The first-order valence-corrected chi connectivity index (χ1v) is 6.15. The van der Waals surface area contributed by atoms with E-state index in [9.17, 15) is 5.11 Å². The molecule has 0 amide bonds. The van der Waals surface area contributed by atoms with E-state index in [0.717, 1.165) is 18.4 Å². The van der Waals surface area contributed by atoms with Gasteiger partial charge in [-0.3, -0.25) is 0 Å². The predicted molar refractivity (Wildman–Crippen MR) is 67.4 cm³/mol. The van der Waals surface area contributed by atoms with E-state index in [-0.39, 0.29) is 5.41 Å². The summed E-state index contributed by atoms with van der Waals surface area (Å²) in [4.78, 5) is 0. The average Bonchev–Trinajstić information content (AvgIpc) is 2.14. The Labute approximate surface area is 98.5 Å². The smallest absolute Gasteiger partial charge is 0.0901 e. The molecule has 0 heterocycles. The van der Waals surface area contributed by atoms with Crippen molar-refractivity contribution in [2.45, 2.75) is 51.6 Å². The third-order valence-electron chi connectivity index (χ3n) is 3.66. The maximum atomic E-state index is 10.3. The van der Waals surface area contributed by atoms with Gasteiger partial charge in [-0.25, -0.2) is 0 Å². The molecule has 0 spiro atoms. The summed E-state index contributed by atoms with van der Waals surface area (Å²) < 4.78 is 0. The summed E-state index contributed by atoms with van der Waals surface area (Å²) in [5, 5.41) is 10.3. The van der Waals surface area contributed by atoms with Crippen molar-refractivity contribution in [2.75, 3.05) is 0 Å². The zero-order chi connectivity index (χ0) is 12.0. The zero-order valence-corrected chi connectivity index (χ0v) is 10.7. The average molecular weight is 218 g/mol. The summed E-state index contributed by atoms with van der Waals surface area (Å²) in [6.45, 7) is 8.82. The molecule has 1 nitrogen and oxygen atoms in total. The second-order valence-corrected chi connectivity index (χ2v) is 6.37. The van der Waals surface area contributed by atoms with E-state index in [0.29, 0.717) is 5.92 Å². The van der Waals surface area contributed by atoms with Crippen LogP contribution in [0, 0.1) is 5.92 Å². The van der Waals surface area contributed by atoms with E-state index in [1.165, 1.54) is 5.56 Å². The minimum absolute atomic E-state index is 0.189. The van der Waals surface area contributed by atoms with Crippen LogP contribution in [-0.2, 0) is 11.0 Å². The van der Waals surface area contributed by atoms with Crippen molar-refractivity contribution in [3.8, 4) is 0 Å². The van der Waals surface area contributed by atoms with Gasteiger partial charge >= 0.3 is 0 Å². The summed E-state index contributed by atoms with van der Waals surface area (Å²) >= 11 is 0. The molecule has 1 aromatic rings. The van der Waals surface area contributed by atoms with E-state index in [4.69, 9.17) is 0 Å². The Morgan fingerprint density at radius 3 is 2.00 bits per heavy atom. The molecule has 2 rings (SSSR count). The SMILES string of the molecule is CC1CC(O)(c2ccc(C(C)(C)C)cc2)C1. The molecule has 0 unspecified atom stereocenters. The van der Waals surface area contributed by atoms with Crippen LogP contribution < -0.4 is 0 Å². The minimum Gasteiger partial charge on any atom is -0.385 e. The van der Waals surface area contributed by atoms with Crippen LogP contribution in [0.5, 0.6) is 0 Å². The third kappa shape index (κ3) is 2.01. The van der Waals surface area contributed by atoms with E-state index < -0.39 is 5.60 Å². The Balaban J connectivity index is 2.20. The molecule has 0 aromatic heterocycles. The molecule has 88 valence electrons. The number of aliphatic hydroxyl groups is 1. The molecule has 1 aliphatic rings. The van der Waals surface area contributed by atoms with Gasteiger partial charge in [0.1, 0.15) is 0 Å². The van der Waals surface area contributed by atoms with Crippen LogP contribution in [0.3, 0.4) is 0 Å². The molecule has 0 atom stereocenters. The van der Waals surface area contributed by atoms with Crippen molar-refractivity contribution in [3.05, 3.63) is 35.4 Å². The van der Waals surface area contributed by atoms with Crippen LogP contribution in [0.15, 0.2) is 24.3 Å². The Hall–Kier alpha value is -0.820. The zero-order valence-electron chi connectivity index (χ0n) is 10.7. The maximum absolute atomic E-state index is 10.3. The highest BCUT2D eigenvalue weighted by atomic mass is 16.3. The molecular weight excluding hydrogens is 196 g/mol. The van der Waals surface area contributed by atoms with Gasteiger partial charge in [0.2, 0.25) is 0 Å². The Bertz CT molecular complexity index is 363. The van der Waals surface area contributed by atoms with Gasteiger partial charge < -0.3 is 5.11 Å². The van der Waals surface area contributed by atoms with E-state index in [2.05, 4.69) is 52.0 Å². The molecule has 1 heteroatoms. The Morgan fingerprint density at radius 1 is 1.12 bits per heavy atom. The van der Waals surface area contributed by atoms with Crippen molar-refractivity contribution in [1.29, 1.82) is 0 Å². The fourth-order valence-corrected chi connectivity index (χ4v) is 2.61. The lowest BCUT2D eigenvalue weighted by Gasteiger charge is -2.42. The summed E-state index contributed by atoms with van der Waals surface area (Å²) in [7, 11) is 0. The first-order chi connectivity index (χ1) is 7.31. The molecule has 0 bridgehead atoms. The number of rotatable bonds is 1. The highest BCUT2D eigenvalue weighted by molar-refractivity contribution is 5.32. The minimum atomic E-state index is -0.546. The highest BCUT2D eigenvalue weighted by Crippen LogP contribution is 2.45. The molecule has 0 radical (unpaired) electrons. The van der Waals surface area contributed by atoms with Gasteiger partial charge in [-0.1, -0.05) is 52.0 Å². The standard InChI is InChI=1S/C15H22O/c1-11-9-15(16,10-11)13-7-5-12(6-8-13)14(2,3)4/h5-8,11,16H,9-10H2,1-4H3. The van der Waals surface area contributed by atoms with Gasteiger partial charge in [0, 0.05) is 0 Å². The lowest BCUT2D eigenvalue weighted by Crippen LogP contribution is -2.39. The molecule has 0 aliphatic heterocycles. The fourth-order valence-electron chi connectivity index (χ4n) is 2.61. The lowest BCUT2D eigenvalue weighted by atomic mass is 9.68. The highest BCUT2D eigenvalue weighted by Gasteiger charge is 2.41. The van der Waals surface area contributed by atoms with Gasteiger partial charge in [-0.15, -0.1) is 0 Å². The van der Waals surface area contributed by atoms with Crippen molar-refractivity contribution < 1.29 is 5.11 Å². The first-order valence-electron chi connectivity index (χ1n) is 6.15. The lowest BCUT2D eigenvalue weighted by molar-refractivity contribution is -0.0738. The Morgan fingerprint density at radius 2 is 1.62 bits per heavy atom. The molecule has 1 aliphatic carbocycles. The molecular formula is C15H22O. The molecule has 0 saturated heterocycles. The predicted octanol–water partition coefficient (Wildman–Crippen LogP) is 3.60. The van der Waals surface area contributed by atoms with Crippen LogP contribution in [0.2, 0.25) is 0 Å². The van der Waals surface area contributed by atoms with Crippen LogP contribution in [0.1, 0.15) is 51.7 Å². The molecule has 1 N–H and O–H groups in total. The normalized spacial score (nSPS) is 29.9. The Kier molecular flexibility index (Phi) is 2.62. The van der Waals surface area contributed by atoms with Gasteiger partial charge in [0.25, 0.3) is 0 Å². The van der Waals surface area contributed by atoms with Crippen LogP contribution in [-0.4, -0.2) is 5.11 Å². The summed E-state index contributed by atoms with van der Waals surface area (Å²) in [6.07, 6.45) is 1.81. The number of benzene rings is 1.